The molecule has 0 saturated heterocycles. The molecule has 0 radical (unpaired) electrons. The first-order valence-electron chi connectivity index (χ1n) is 4.78. The van der Waals surface area contributed by atoms with Gasteiger partial charge in [0.25, 0.3) is 0 Å². The summed E-state index contributed by atoms with van der Waals surface area (Å²) in [7, 11) is 0. The Labute approximate surface area is 97.7 Å². The van der Waals surface area contributed by atoms with Gasteiger partial charge in [0.15, 0.2) is 0 Å². The Hall–Kier alpha value is -0.300. The van der Waals surface area contributed by atoms with Crippen LogP contribution in [0.25, 0.3) is 0 Å². The van der Waals surface area contributed by atoms with Gasteiger partial charge in [-0.15, -0.1) is 0 Å². The largest absolute Gasteiger partial charge is 0.321 e. The predicted molar refractivity (Wildman–Crippen MR) is 65.4 cm³/mol. The number of nitrogens with zero attached hydrogens (tertiary/aromatic N) is 2. The van der Waals surface area contributed by atoms with Gasteiger partial charge < -0.3 is 9.26 Å². The Morgan fingerprint density at radius 1 is 1.64 bits per heavy atom. The molecule has 1 saturated carbocycles. The van der Waals surface area contributed by atoms with E-state index in [0.717, 1.165) is 11.5 Å². The third-order valence-electron chi connectivity index (χ3n) is 2.39. The molecule has 1 aliphatic carbocycles. The van der Waals surface area contributed by atoms with Crippen LogP contribution in [-0.4, -0.2) is 9.78 Å². The highest BCUT2D eigenvalue weighted by Crippen LogP contribution is 2.38. The van der Waals surface area contributed by atoms with Crippen molar-refractivity contribution in [3.63, 3.8) is 0 Å². The van der Waals surface area contributed by atoms with Gasteiger partial charge in [0.2, 0.25) is 0 Å². The minimum Gasteiger partial charge on any atom is -0.321 e. The van der Waals surface area contributed by atoms with Crippen LogP contribution in [0.5, 0.6) is 0 Å². The lowest BCUT2D eigenvalue weighted by Gasteiger charge is -2.14. The molecule has 1 aromatic heterocycles. The number of nitrogens with two attached hydrogens (primary N) is 1. The topological polar surface area (TPSA) is 55.9 Å². The van der Waals surface area contributed by atoms with E-state index in [1.807, 2.05) is 19.9 Å². The second-order valence-electron chi connectivity index (χ2n) is 4.41. The average Bonchev–Trinajstić information content (AvgIpc) is 2.82. The summed E-state index contributed by atoms with van der Waals surface area (Å²) in [4.78, 5) is 0. The van der Waals surface area contributed by atoms with E-state index in [1.165, 1.54) is 12.8 Å². The van der Waals surface area contributed by atoms with E-state index in [2.05, 4.69) is 36.2 Å². The van der Waals surface area contributed by atoms with Crippen LogP contribution >= 0.6 is 22.9 Å². The lowest BCUT2D eigenvalue weighted by molar-refractivity contribution is 0.513. The maximum atomic E-state index is 6.01. The van der Waals surface area contributed by atoms with Gasteiger partial charge in [0.1, 0.15) is 5.82 Å². The zero-order chi connectivity index (χ0) is 10.3. The van der Waals surface area contributed by atoms with E-state index in [1.54, 1.807) is 0 Å². The van der Waals surface area contributed by atoms with Crippen LogP contribution in [0, 0.1) is 0 Å². The molecule has 0 spiro atoms. The van der Waals surface area contributed by atoms with E-state index in [0.29, 0.717) is 6.04 Å². The monoisotopic (exact) mass is 306 g/mol. The number of rotatable bonds is 3. The fraction of sp³-hybridized carbons (Fsp3) is 0.667. The molecule has 3 N–H and O–H groups in total. The number of anilines is 1. The van der Waals surface area contributed by atoms with Gasteiger partial charge in [-0.2, -0.15) is 5.10 Å². The Morgan fingerprint density at radius 3 is 2.71 bits per heavy atom. The summed E-state index contributed by atoms with van der Waals surface area (Å²) in [5.41, 5.74) is 6.60. The maximum Gasteiger partial charge on any atom is 0.133 e. The lowest BCUT2D eigenvalue weighted by Crippen LogP contribution is -2.29. The molecule has 0 atom stereocenters. The standard InChI is InChI=1S/C9H15IN4/c1-9(2,11)7-5-8(12-10)14(13-7)6-3-4-6/h5-6,12H,3-4,11H2,1-2H3. The van der Waals surface area contributed by atoms with Crippen LogP contribution in [0.3, 0.4) is 0 Å². The molecule has 0 amide bonds. The Kier molecular flexibility index (Phi) is 2.46. The molecule has 0 bridgehead atoms. The molecule has 5 heteroatoms. The first kappa shape index (κ1) is 10.2. The molecular formula is C9H15IN4. The highest BCUT2D eigenvalue weighted by Gasteiger charge is 2.29. The van der Waals surface area contributed by atoms with Gasteiger partial charge in [0.05, 0.1) is 40.1 Å². The van der Waals surface area contributed by atoms with Crippen molar-refractivity contribution in [1.29, 1.82) is 0 Å². The van der Waals surface area contributed by atoms with Gasteiger partial charge >= 0.3 is 0 Å². The van der Waals surface area contributed by atoms with Crippen molar-refractivity contribution in [2.75, 3.05) is 3.53 Å². The van der Waals surface area contributed by atoms with E-state index >= 15 is 0 Å². The number of aromatic nitrogens is 2. The summed E-state index contributed by atoms with van der Waals surface area (Å²) in [5.74, 6) is 1.06. The summed E-state index contributed by atoms with van der Waals surface area (Å²) in [6.07, 6.45) is 2.47. The SMILES string of the molecule is CC(C)(N)c1cc(NI)n(C2CC2)n1. The van der Waals surface area contributed by atoms with Gasteiger partial charge in [-0.3, -0.25) is 0 Å². The Balaban J connectivity index is 2.35. The normalized spacial score (nSPS) is 17.1. The van der Waals surface area contributed by atoms with E-state index in [9.17, 15) is 0 Å². The van der Waals surface area contributed by atoms with Crippen molar-refractivity contribution in [2.24, 2.45) is 5.73 Å². The van der Waals surface area contributed by atoms with Crippen molar-refractivity contribution in [2.45, 2.75) is 38.3 Å². The molecule has 4 nitrogen and oxygen atoms in total. The predicted octanol–water partition coefficient (Wildman–Crippen LogP) is 2.17. The zero-order valence-electron chi connectivity index (χ0n) is 8.42. The Morgan fingerprint density at radius 2 is 2.29 bits per heavy atom. The number of hydrogen-bond acceptors (Lipinski definition) is 3. The highest BCUT2D eigenvalue weighted by molar-refractivity contribution is 14.1. The third kappa shape index (κ3) is 1.88. The number of halogens is 1. The van der Waals surface area contributed by atoms with Crippen LogP contribution < -0.4 is 9.26 Å². The summed E-state index contributed by atoms with van der Waals surface area (Å²) in [6.45, 7) is 3.95. The fourth-order valence-electron chi connectivity index (χ4n) is 1.38. The van der Waals surface area contributed by atoms with Crippen LogP contribution in [-0.2, 0) is 5.54 Å². The summed E-state index contributed by atoms with van der Waals surface area (Å²) in [5, 5.41) is 4.54. The summed E-state index contributed by atoms with van der Waals surface area (Å²) < 4.78 is 5.18. The lowest BCUT2D eigenvalue weighted by atomic mass is 10.0. The van der Waals surface area contributed by atoms with Crippen molar-refractivity contribution < 1.29 is 0 Å². The molecular weight excluding hydrogens is 291 g/mol. The van der Waals surface area contributed by atoms with E-state index in [-0.39, 0.29) is 5.54 Å². The maximum absolute atomic E-state index is 6.01. The average molecular weight is 306 g/mol. The van der Waals surface area contributed by atoms with Crippen LogP contribution in [0.1, 0.15) is 38.4 Å². The number of hydrogen-bond donors (Lipinski definition) is 2. The van der Waals surface area contributed by atoms with Gasteiger partial charge in [0, 0.05) is 6.07 Å². The first-order valence-corrected chi connectivity index (χ1v) is 5.86. The first-order chi connectivity index (χ1) is 6.52. The number of nitrogens with one attached hydrogen (secondary N) is 1. The summed E-state index contributed by atoms with van der Waals surface area (Å²) >= 11 is 2.13. The van der Waals surface area contributed by atoms with Crippen molar-refractivity contribution in [1.82, 2.24) is 9.78 Å². The molecule has 0 aliphatic heterocycles. The second kappa shape index (κ2) is 3.37. The van der Waals surface area contributed by atoms with Gasteiger partial charge in [-0.1, -0.05) is 0 Å². The van der Waals surface area contributed by atoms with Crippen LogP contribution in [0.15, 0.2) is 6.07 Å². The molecule has 1 fully saturated rings. The zero-order valence-corrected chi connectivity index (χ0v) is 10.6. The molecule has 1 aliphatic rings. The molecule has 0 aromatic carbocycles. The van der Waals surface area contributed by atoms with E-state index in [4.69, 9.17) is 5.73 Å². The second-order valence-corrected chi connectivity index (χ2v) is 4.95. The van der Waals surface area contributed by atoms with Crippen molar-refractivity contribution in [3.05, 3.63) is 11.8 Å². The molecule has 14 heavy (non-hydrogen) atoms. The van der Waals surface area contributed by atoms with Crippen molar-refractivity contribution in [3.8, 4) is 0 Å². The van der Waals surface area contributed by atoms with Gasteiger partial charge in [-0.25, -0.2) is 4.68 Å². The minimum atomic E-state index is -0.359. The molecule has 1 aromatic rings. The smallest absolute Gasteiger partial charge is 0.133 e. The van der Waals surface area contributed by atoms with Gasteiger partial charge in [-0.05, 0) is 26.7 Å². The molecule has 2 rings (SSSR count). The van der Waals surface area contributed by atoms with Crippen LogP contribution in [0.4, 0.5) is 5.82 Å². The summed E-state index contributed by atoms with van der Waals surface area (Å²) in [6, 6.07) is 2.62. The van der Waals surface area contributed by atoms with Crippen molar-refractivity contribution >= 4 is 28.7 Å². The highest BCUT2D eigenvalue weighted by atomic mass is 127. The Bertz CT molecular complexity index is 335. The van der Waals surface area contributed by atoms with Crippen LogP contribution in [0.2, 0.25) is 0 Å². The quantitative estimate of drug-likeness (QED) is 0.665. The molecule has 1 heterocycles. The fourth-order valence-corrected chi connectivity index (χ4v) is 1.78. The molecule has 78 valence electrons. The molecule has 0 unspecified atom stereocenters. The minimum absolute atomic E-state index is 0.359. The van der Waals surface area contributed by atoms with E-state index < -0.39 is 0 Å². The third-order valence-corrected chi connectivity index (χ3v) is 2.94.